The second kappa shape index (κ2) is 5.18. The van der Waals surface area contributed by atoms with Gasteiger partial charge in [-0.25, -0.2) is 0 Å². The maximum absolute atomic E-state index is 10.8. The Morgan fingerprint density at radius 2 is 2.30 bits per heavy atom. The number of Topliss-reactive ketones (excluding diaryl/α,β-unsaturated/α-hetero) is 1. The summed E-state index contributed by atoms with van der Waals surface area (Å²) in [5, 5.41) is 3.03. The zero-order valence-corrected chi connectivity index (χ0v) is 6.68. The number of carbonyl (C=O) groups is 1. The molecule has 0 aliphatic rings. The van der Waals surface area contributed by atoms with Crippen LogP contribution in [0.1, 0.15) is 20.3 Å². The van der Waals surface area contributed by atoms with E-state index in [0.29, 0.717) is 19.0 Å². The van der Waals surface area contributed by atoms with Crippen molar-refractivity contribution in [1.82, 2.24) is 5.32 Å². The monoisotopic (exact) mass is 141 g/mol. The van der Waals surface area contributed by atoms with Crippen molar-refractivity contribution in [2.45, 2.75) is 26.3 Å². The Bertz CT molecular complexity index is 118. The summed E-state index contributed by atoms with van der Waals surface area (Å²) < 4.78 is 0. The third-order valence-corrected chi connectivity index (χ3v) is 1.08. The molecule has 1 N–H and O–H groups in total. The van der Waals surface area contributed by atoms with Crippen molar-refractivity contribution in [1.29, 1.82) is 0 Å². The molecule has 0 spiro atoms. The molecule has 0 unspecified atom stereocenters. The standard InChI is InChI=1S/C8H15NO/c1-4-5-8(10)6-9-7(2)3/h4,7,9H,1,5-6H2,2-3H3. The number of nitrogens with one attached hydrogen (secondary N) is 1. The van der Waals surface area contributed by atoms with Crippen molar-refractivity contribution in [3.63, 3.8) is 0 Å². The van der Waals surface area contributed by atoms with Crippen molar-refractivity contribution >= 4 is 5.78 Å². The number of allylic oxidation sites excluding steroid dienone is 1. The van der Waals surface area contributed by atoms with Gasteiger partial charge in [0, 0.05) is 12.5 Å². The number of hydrogen-bond donors (Lipinski definition) is 1. The maximum atomic E-state index is 10.8. The van der Waals surface area contributed by atoms with Gasteiger partial charge in [0.05, 0.1) is 6.54 Å². The molecule has 0 rings (SSSR count). The molecule has 0 bridgehead atoms. The van der Waals surface area contributed by atoms with E-state index in [4.69, 9.17) is 0 Å². The average molecular weight is 141 g/mol. The van der Waals surface area contributed by atoms with Crippen LogP contribution < -0.4 is 5.32 Å². The molecule has 58 valence electrons. The zero-order chi connectivity index (χ0) is 7.98. The van der Waals surface area contributed by atoms with E-state index in [1.54, 1.807) is 6.08 Å². The molecule has 0 aromatic heterocycles. The third-order valence-electron chi connectivity index (χ3n) is 1.08. The Morgan fingerprint density at radius 1 is 1.70 bits per heavy atom. The van der Waals surface area contributed by atoms with E-state index >= 15 is 0 Å². The van der Waals surface area contributed by atoms with Crippen LogP contribution in [0.3, 0.4) is 0 Å². The third kappa shape index (κ3) is 5.51. The van der Waals surface area contributed by atoms with Crippen LogP contribution >= 0.6 is 0 Å². The van der Waals surface area contributed by atoms with Crippen LogP contribution in [0.5, 0.6) is 0 Å². The minimum atomic E-state index is 0.198. The highest BCUT2D eigenvalue weighted by molar-refractivity contribution is 5.81. The lowest BCUT2D eigenvalue weighted by molar-refractivity contribution is -0.117. The normalized spacial score (nSPS) is 9.90. The van der Waals surface area contributed by atoms with Crippen molar-refractivity contribution in [2.24, 2.45) is 0 Å². The molecule has 0 atom stereocenters. The Labute approximate surface area is 62.3 Å². The second-order valence-corrected chi connectivity index (χ2v) is 2.57. The summed E-state index contributed by atoms with van der Waals surface area (Å²) >= 11 is 0. The van der Waals surface area contributed by atoms with Gasteiger partial charge in [-0.1, -0.05) is 19.9 Å². The van der Waals surface area contributed by atoms with Gasteiger partial charge in [-0.15, -0.1) is 6.58 Å². The molecule has 0 fully saturated rings. The first kappa shape index (κ1) is 9.37. The largest absolute Gasteiger partial charge is 0.308 e. The van der Waals surface area contributed by atoms with Crippen LogP contribution in [0.25, 0.3) is 0 Å². The minimum absolute atomic E-state index is 0.198. The van der Waals surface area contributed by atoms with Gasteiger partial charge in [-0.05, 0) is 0 Å². The summed E-state index contributed by atoms with van der Waals surface area (Å²) in [6.45, 7) is 7.97. The van der Waals surface area contributed by atoms with Crippen LogP contribution in [0.15, 0.2) is 12.7 Å². The Hall–Kier alpha value is -0.630. The molecule has 0 heterocycles. The molecule has 0 saturated heterocycles. The van der Waals surface area contributed by atoms with Crippen LogP contribution in [0.2, 0.25) is 0 Å². The fourth-order valence-corrected chi connectivity index (χ4v) is 0.551. The summed E-state index contributed by atoms with van der Waals surface area (Å²) in [5.41, 5.74) is 0. The first-order chi connectivity index (χ1) is 4.66. The molecule has 0 amide bonds. The lowest BCUT2D eigenvalue weighted by Crippen LogP contribution is -2.28. The van der Waals surface area contributed by atoms with Crippen LogP contribution in [-0.4, -0.2) is 18.4 Å². The van der Waals surface area contributed by atoms with Crippen molar-refractivity contribution < 1.29 is 4.79 Å². The van der Waals surface area contributed by atoms with Gasteiger partial charge in [0.1, 0.15) is 5.78 Å². The van der Waals surface area contributed by atoms with Gasteiger partial charge >= 0.3 is 0 Å². The number of ketones is 1. The molecule has 0 aliphatic carbocycles. The highest BCUT2D eigenvalue weighted by Crippen LogP contribution is 1.83. The topological polar surface area (TPSA) is 29.1 Å². The summed E-state index contributed by atoms with van der Waals surface area (Å²) in [4.78, 5) is 10.8. The van der Waals surface area contributed by atoms with Crippen molar-refractivity contribution in [2.75, 3.05) is 6.54 Å². The molecular weight excluding hydrogens is 126 g/mol. The van der Waals surface area contributed by atoms with E-state index in [0.717, 1.165) is 0 Å². The maximum Gasteiger partial charge on any atom is 0.150 e. The summed E-state index contributed by atoms with van der Waals surface area (Å²) in [6, 6.07) is 0.383. The van der Waals surface area contributed by atoms with E-state index in [1.165, 1.54) is 0 Å². The minimum Gasteiger partial charge on any atom is -0.308 e. The molecule has 2 heteroatoms. The van der Waals surface area contributed by atoms with Crippen molar-refractivity contribution in [3.8, 4) is 0 Å². The summed E-state index contributed by atoms with van der Waals surface area (Å²) in [7, 11) is 0. The van der Waals surface area contributed by atoms with Crippen LogP contribution in [-0.2, 0) is 4.79 Å². The van der Waals surface area contributed by atoms with Gasteiger partial charge in [0.15, 0.2) is 0 Å². The predicted molar refractivity (Wildman–Crippen MR) is 43.0 cm³/mol. The first-order valence-corrected chi connectivity index (χ1v) is 3.52. The molecule has 0 radical (unpaired) electrons. The Balaban J connectivity index is 3.30. The number of hydrogen-bond acceptors (Lipinski definition) is 2. The van der Waals surface area contributed by atoms with Gasteiger partial charge in [0.2, 0.25) is 0 Å². The predicted octanol–water partition coefficient (Wildman–Crippen LogP) is 1.13. The molecule has 0 aromatic carbocycles. The van der Waals surface area contributed by atoms with E-state index in [1.807, 2.05) is 13.8 Å². The van der Waals surface area contributed by atoms with E-state index in [2.05, 4.69) is 11.9 Å². The molecule has 2 nitrogen and oxygen atoms in total. The van der Waals surface area contributed by atoms with E-state index in [-0.39, 0.29) is 5.78 Å². The Morgan fingerprint density at radius 3 is 2.70 bits per heavy atom. The zero-order valence-electron chi connectivity index (χ0n) is 6.68. The first-order valence-electron chi connectivity index (χ1n) is 3.52. The summed E-state index contributed by atoms with van der Waals surface area (Å²) in [6.07, 6.45) is 2.10. The molecule has 10 heavy (non-hydrogen) atoms. The average Bonchev–Trinajstić information content (AvgIpc) is 1.85. The highest BCUT2D eigenvalue weighted by Gasteiger charge is 1.98. The smallest absolute Gasteiger partial charge is 0.150 e. The van der Waals surface area contributed by atoms with Gasteiger partial charge in [0.25, 0.3) is 0 Å². The number of rotatable bonds is 5. The second-order valence-electron chi connectivity index (χ2n) is 2.57. The van der Waals surface area contributed by atoms with Crippen LogP contribution in [0.4, 0.5) is 0 Å². The lowest BCUT2D eigenvalue weighted by Gasteiger charge is -2.04. The number of carbonyl (C=O) groups excluding carboxylic acids is 1. The van der Waals surface area contributed by atoms with Gasteiger partial charge < -0.3 is 5.32 Å². The molecular formula is C8H15NO. The van der Waals surface area contributed by atoms with Gasteiger partial charge in [-0.2, -0.15) is 0 Å². The highest BCUT2D eigenvalue weighted by atomic mass is 16.1. The molecule has 0 aromatic rings. The fourth-order valence-electron chi connectivity index (χ4n) is 0.551. The van der Waals surface area contributed by atoms with E-state index in [9.17, 15) is 4.79 Å². The molecule has 0 saturated carbocycles. The van der Waals surface area contributed by atoms with Crippen molar-refractivity contribution in [3.05, 3.63) is 12.7 Å². The quantitative estimate of drug-likeness (QED) is 0.581. The van der Waals surface area contributed by atoms with E-state index < -0.39 is 0 Å². The fraction of sp³-hybridized carbons (Fsp3) is 0.625. The molecule has 0 aliphatic heterocycles. The SMILES string of the molecule is C=CCC(=O)CNC(C)C. The van der Waals surface area contributed by atoms with Gasteiger partial charge in [-0.3, -0.25) is 4.79 Å². The Kier molecular flexibility index (Phi) is 4.85. The lowest BCUT2D eigenvalue weighted by atomic mass is 10.2. The van der Waals surface area contributed by atoms with Crippen LogP contribution in [0, 0.1) is 0 Å². The summed E-state index contributed by atoms with van der Waals surface area (Å²) in [5.74, 6) is 0.198.